The van der Waals surface area contributed by atoms with Crippen LogP contribution in [0.25, 0.3) is 0 Å². The molecule has 1 fully saturated rings. The minimum Gasteiger partial charge on any atom is -0.444 e. The van der Waals surface area contributed by atoms with Crippen LogP contribution in [0.1, 0.15) is 41.5 Å². The van der Waals surface area contributed by atoms with Gasteiger partial charge in [-0.15, -0.1) is 0 Å². The van der Waals surface area contributed by atoms with Crippen LogP contribution in [0.15, 0.2) is 0 Å². The van der Waals surface area contributed by atoms with Crippen molar-refractivity contribution in [3.8, 4) is 0 Å². The van der Waals surface area contributed by atoms with Crippen molar-refractivity contribution in [1.29, 1.82) is 0 Å². The number of carbonyl (C=O) groups is 1. The smallest absolute Gasteiger partial charge is 0.410 e. The number of carbonyl (C=O) groups excluding carboxylic acids is 1. The Kier molecular flexibility index (Phi) is 3.53. The summed E-state index contributed by atoms with van der Waals surface area (Å²) in [6.07, 6.45) is -0.265. The van der Waals surface area contributed by atoms with Crippen LogP contribution in [0.5, 0.6) is 0 Å². The highest BCUT2D eigenvalue weighted by Gasteiger charge is 2.43. The summed E-state index contributed by atoms with van der Waals surface area (Å²) >= 11 is 0. The lowest BCUT2D eigenvalue weighted by Crippen LogP contribution is -2.45. The molecule has 1 aliphatic heterocycles. The molecule has 0 bridgehead atoms. The summed E-state index contributed by atoms with van der Waals surface area (Å²) in [6, 6.07) is 0.121. The van der Waals surface area contributed by atoms with Gasteiger partial charge in [0.05, 0.1) is 13.2 Å². The van der Waals surface area contributed by atoms with Gasteiger partial charge in [0.2, 0.25) is 0 Å². The second-order valence-electron chi connectivity index (χ2n) is 5.94. The van der Waals surface area contributed by atoms with E-state index in [2.05, 4.69) is 0 Å². The van der Waals surface area contributed by atoms with Crippen molar-refractivity contribution in [1.82, 2.24) is 4.90 Å². The molecule has 94 valence electrons. The molecule has 0 spiro atoms. The van der Waals surface area contributed by atoms with Crippen molar-refractivity contribution in [2.75, 3.05) is 13.2 Å². The van der Waals surface area contributed by atoms with Crippen LogP contribution in [0.3, 0.4) is 0 Å². The second-order valence-corrected chi connectivity index (χ2v) is 5.94. The molecule has 0 aromatic rings. The van der Waals surface area contributed by atoms with Gasteiger partial charge in [-0.3, -0.25) is 0 Å². The lowest BCUT2D eigenvalue weighted by molar-refractivity contribution is 0.0143. The van der Waals surface area contributed by atoms with Crippen molar-refractivity contribution in [3.63, 3.8) is 0 Å². The molecule has 0 N–H and O–H groups in total. The van der Waals surface area contributed by atoms with Crippen LogP contribution in [-0.4, -0.2) is 41.4 Å². The van der Waals surface area contributed by atoms with Gasteiger partial charge in [-0.05, 0) is 41.5 Å². The molecule has 4 heteroatoms. The fourth-order valence-corrected chi connectivity index (χ4v) is 1.35. The first-order valence-corrected chi connectivity index (χ1v) is 5.77. The van der Waals surface area contributed by atoms with Crippen LogP contribution >= 0.6 is 0 Å². The zero-order valence-electron chi connectivity index (χ0n) is 11.2. The molecule has 4 nitrogen and oxygen atoms in total. The van der Waals surface area contributed by atoms with E-state index >= 15 is 0 Å². The van der Waals surface area contributed by atoms with Gasteiger partial charge in [0, 0.05) is 6.04 Å². The predicted molar refractivity (Wildman–Crippen MR) is 62.4 cm³/mol. The van der Waals surface area contributed by atoms with E-state index < -0.39 is 5.60 Å². The van der Waals surface area contributed by atoms with Gasteiger partial charge in [0.1, 0.15) is 11.2 Å². The lowest BCUT2D eigenvalue weighted by Gasteiger charge is -2.31. The van der Waals surface area contributed by atoms with E-state index in [4.69, 9.17) is 9.47 Å². The summed E-state index contributed by atoms with van der Waals surface area (Å²) < 4.78 is 10.7. The molecule has 1 amide bonds. The quantitative estimate of drug-likeness (QED) is 0.698. The van der Waals surface area contributed by atoms with Gasteiger partial charge in [0.15, 0.2) is 0 Å². The summed E-state index contributed by atoms with van der Waals surface area (Å²) in [5.74, 6) is 0. The largest absolute Gasteiger partial charge is 0.444 e. The third kappa shape index (κ3) is 4.00. The number of nitrogens with zero attached hydrogens (tertiary/aromatic N) is 1. The maximum absolute atomic E-state index is 12.0. The molecule has 1 atom stereocenters. The Labute approximate surface area is 97.9 Å². The highest BCUT2D eigenvalue weighted by molar-refractivity contribution is 5.68. The Morgan fingerprint density at radius 2 is 2.00 bits per heavy atom. The van der Waals surface area contributed by atoms with Crippen molar-refractivity contribution in [3.05, 3.63) is 0 Å². The molecule has 1 unspecified atom stereocenters. The zero-order chi connectivity index (χ0) is 12.6. The molecule has 0 radical (unpaired) electrons. The Bertz CT molecular complexity index is 264. The van der Waals surface area contributed by atoms with Crippen molar-refractivity contribution in [2.45, 2.75) is 58.8 Å². The van der Waals surface area contributed by atoms with Gasteiger partial charge in [0.25, 0.3) is 0 Å². The molecular weight excluding hydrogens is 206 g/mol. The number of rotatable bonds is 3. The van der Waals surface area contributed by atoms with Crippen molar-refractivity contribution in [2.24, 2.45) is 0 Å². The highest BCUT2D eigenvalue weighted by Crippen LogP contribution is 2.28. The SMILES string of the molecule is CC(C)N(CC1(C)CO1)C(=O)OC(C)(C)C. The number of ether oxygens (including phenoxy) is 2. The topological polar surface area (TPSA) is 42.1 Å². The lowest BCUT2D eigenvalue weighted by atomic mass is 10.1. The van der Waals surface area contributed by atoms with Crippen LogP contribution in [0.4, 0.5) is 4.79 Å². The fraction of sp³-hybridized carbons (Fsp3) is 0.917. The Morgan fingerprint density at radius 3 is 2.31 bits per heavy atom. The first kappa shape index (κ1) is 13.3. The Morgan fingerprint density at radius 1 is 1.50 bits per heavy atom. The number of amides is 1. The van der Waals surface area contributed by atoms with Crippen molar-refractivity contribution < 1.29 is 14.3 Å². The first-order valence-electron chi connectivity index (χ1n) is 5.77. The summed E-state index contributed by atoms with van der Waals surface area (Å²) in [4.78, 5) is 13.7. The van der Waals surface area contributed by atoms with Crippen LogP contribution in [-0.2, 0) is 9.47 Å². The summed E-state index contributed by atoms with van der Waals surface area (Å²) in [5, 5.41) is 0. The molecule has 1 heterocycles. The molecule has 16 heavy (non-hydrogen) atoms. The van der Waals surface area contributed by atoms with E-state index in [0.717, 1.165) is 6.61 Å². The van der Waals surface area contributed by atoms with Crippen LogP contribution in [0, 0.1) is 0 Å². The zero-order valence-corrected chi connectivity index (χ0v) is 11.2. The maximum atomic E-state index is 12.0. The minimum atomic E-state index is -0.449. The third-order valence-corrected chi connectivity index (χ3v) is 2.39. The molecule has 0 aliphatic carbocycles. The average Bonchev–Trinajstić information content (AvgIpc) is 2.76. The molecule has 1 rings (SSSR count). The Balaban J connectivity index is 2.59. The number of epoxide rings is 1. The summed E-state index contributed by atoms with van der Waals surface area (Å²) in [6.45, 7) is 12.9. The molecular formula is C12H23NO3. The molecule has 0 saturated carbocycles. The first-order chi connectivity index (χ1) is 7.13. The Hall–Kier alpha value is -0.770. The van der Waals surface area contributed by atoms with E-state index in [1.54, 1.807) is 4.90 Å². The highest BCUT2D eigenvalue weighted by atomic mass is 16.6. The maximum Gasteiger partial charge on any atom is 0.410 e. The van der Waals surface area contributed by atoms with Crippen LogP contribution in [0.2, 0.25) is 0 Å². The van der Waals surface area contributed by atoms with Gasteiger partial charge in [-0.25, -0.2) is 4.79 Å². The molecule has 1 saturated heterocycles. The van der Waals surface area contributed by atoms with Gasteiger partial charge in [-0.1, -0.05) is 0 Å². The number of hydrogen-bond donors (Lipinski definition) is 0. The van der Waals surface area contributed by atoms with Crippen molar-refractivity contribution >= 4 is 6.09 Å². The standard InChI is InChI=1S/C12H23NO3/c1-9(2)13(7-12(6)8-15-12)10(14)16-11(3,4)5/h9H,7-8H2,1-6H3. The van der Waals surface area contributed by atoms with Gasteiger partial charge in [-0.2, -0.15) is 0 Å². The monoisotopic (exact) mass is 229 g/mol. The van der Waals surface area contributed by atoms with E-state index in [1.807, 2.05) is 41.5 Å². The van der Waals surface area contributed by atoms with E-state index in [-0.39, 0.29) is 17.7 Å². The third-order valence-electron chi connectivity index (χ3n) is 2.39. The number of hydrogen-bond acceptors (Lipinski definition) is 3. The predicted octanol–water partition coefficient (Wildman–Crippen LogP) is 2.42. The molecule has 1 aliphatic rings. The van der Waals surface area contributed by atoms with Gasteiger partial charge >= 0.3 is 6.09 Å². The fourth-order valence-electron chi connectivity index (χ4n) is 1.35. The van der Waals surface area contributed by atoms with E-state index in [0.29, 0.717) is 6.54 Å². The van der Waals surface area contributed by atoms with E-state index in [9.17, 15) is 4.79 Å². The minimum absolute atomic E-state index is 0.121. The average molecular weight is 229 g/mol. The normalized spacial score (nSPS) is 24.4. The second kappa shape index (κ2) is 4.24. The summed E-state index contributed by atoms with van der Waals surface area (Å²) in [7, 11) is 0. The van der Waals surface area contributed by atoms with Gasteiger partial charge < -0.3 is 14.4 Å². The van der Waals surface area contributed by atoms with E-state index in [1.165, 1.54) is 0 Å². The molecule has 0 aromatic carbocycles. The summed E-state index contributed by atoms with van der Waals surface area (Å²) in [5.41, 5.74) is -0.614. The molecule has 0 aromatic heterocycles. The van der Waals surface area contributed by atoms with Crippen LogP contribution < -0.4 is 0 Å².